The summed E-state index contributed by atoms with van der Waals surface area (Å²) >= 11 is 0. The zero-order valence-electron chi connectivity index (χ0n) is 17.8. The van der Waals surface area contributed by atoms with Crippen LogP contribution in [-0.2, 0) is 24.3 Å². The first kappa shape index (κ1) is 21.6. The van der Waals surface area contributed by atoms with Crippen LogP contribution in [0.3, 0.4) is 0 Å². The topological polar surface area (TPSA) is 63.5 Å². The van der Waals surface area contributed by atoms with Crippen LogP contribution in [-0.4, -0.2) is 35.4 Å². The van der Waals surface area contributed by atoms with Crippen LogP contribution in [0, 0.1) is 0 Å². The van der Waals surface area contributed by atoms with Crippen molar-refractivity contribution in [1.29, 1.82) is 0 Å². The van der Waals surface area contributed by atoms with Gasteiger partial charge in [0.05, 0.1) is 18.8 Å². The largest absolute Gasteiger partial charge is 0.377 e. The van der Waals surface area contributed by atoms with Gasteiger partial charge < -0.3 is 15.4 Å². The molecule has 0 aliphatic heterocycles. The predicted molar refractivity (Wildman–Crippen MR) is 122 cm³/mol. The van der Waals surface area contributed by atoms with Gasteiger partial charge in [-0.3, -0.25) is 0 Å². The summed E-state index contributed by atoms with van der Waals surface area (Å²) in [7, 11) is 0. The molecule has 0 aliphatic carbocycles. The van der Waals surface area contributed by atoms with Crippen molar-refractivity contribution in [2.75, 3.05) is 19.7 Å². The van der Waals surface area contributed by atoms with Crippen LogP contribution in [0.4, 0.5) is 0 Å². The molecular weight excluding hydrogens is 374 g/mol. The molecule has 0 aliphatic rings. The van der Waals surface area contributed by atoms with E-state index < -0.39 is 0 Å². The Morgan fingerprint density at radius 3 is 2.37 bits per heavy atom. The quantitative estimate of drug-likeness (QED) is 0.399. The molecule has 2 N–H and O–H groups in total. The summed E-state index contributed by atoms with van der Waals surface area (Å²) in [5.74, 6) is 0.837. The van der Waals surface area contributed by atoms with Crippen molar-refractivity contribution in [2.24, 2.45) is 4.99 Å². The maximum atomic E-state index is 5.44. The van der Waals surface area contributed by atoms with E-state index in [1.54, 1.807) is 6.20 Å². The highest BCUT2D eigenvalue weighted by Crippen LogP contribution is 2.09. The maximum absolute atomic E-state index is 5.44. The van der Waals surface area contributed by atoms with E-state index in [2.05, 4.69) is 71.2 Å². The highest BCUT2D eigenvalue weighted by Gasteiger charge is 2.01. The van der Waals surface area contributed by atoms with Gasteiger partial charge in [0, 0.05) is 32.1 Å². The van der Waals surface area contributed by atoms with Gasteiger partial charge >= 0.3 is 0 Å². The molecule has 0 fully saturated rings. The lowest BCUT2D eigenvalue weighted by Crippen LogP contribution is -2.38. The van der Waals surface area contributed by atoms with Crippen LogP contribution < -0.4 is 10.6 Å². The third kappa shape index (κ3) is 6.74. The fourth-order valence-corrected chi connectivity index (χ4v) is 3.04. The van der Waals surface area contributed by atoms with Crippen molar-refractivity contribution < 1.29 is 4.74 Å². The van der Waals surface area contributed by atoms with E-state index >= 15 is 0 Å². The zero-order chi connectivity index (χ0) is 21.0. The van der Waals surface area contributed by atoms with Crippen LogP contribution >= 0.6 is 0 Å². The van der Waals surface area contributed by atoms with E-state index in [0.29, 0.717) is 13.2 Å². The molecule has 0 atom stereocenters. The Labute approximate surface area is 179 Å². The number of ether oxygens (including phenoxy) is 1. The first-order valence-corrected chi connectivity index (χ1v) is 10.5. The monoisotopic (exact) mass is 405 g/mol. The Morgan fingerprint density at radius 2 is 1.70 bits per heavy atom. The van der Waals surface area contributed by atoms with Crippen LogP contribution in [0.25, 0.3) is 5.69 Å². The van der Waals surface area contributed by atoms with Crippen LogP contribution in [0.1, 0.15) is 30.5 Å². The summed E-state index contributed by atoms with van der Waals surface area (Å²) in [6.07, 6.45) is 4.66. The summed E-state index contributed by atoms with van der Waals surface area (Å²) in [4.78, 5) is 4.71. The van der Waals surface area contributed by atoms with Gasteiger partial charge in [0.25, 0.3) is 0 Å². The van der Waals surface area contributed by atoms with Crippen molar-refractivity contribution in [3.63, 3.8) is 0 Å². The third-order valence-corrected chi connectivity index (χ3v) is 4.67. The lowest BCUT2D eigenvalue weighted by atomic mass is 10.1. The number of hydrogen-bond acceptors (Lipinski definition) is 3. The fourth-order valence-electron chi connectivity index (χ4n) is 3.04. The van der Waals surface area contributed by atoms with Gasteiger partial charge in [-0.05, 0) is 55.2 Å². The second-order valence-electron chi connectivity index (χ2n) is 6.94. The Kier molecular flexibility index (Phi) is 8.47. The first-order chi connectivity index (χ1) is 14.8. The second kappa shape index (κ2) is 11.8. The van der Waals surface area contributed by atoms with Crippen molar-refractivity contribution in [3.05, 3.63) is 83.7 Å². The minimum Gasteiger partial charge on any atom is -0.377 e. The maximum Gasteiger partial charge on any atom is 0.191 e. The molecule has 0 saturated carbocycles. The summed E-state index contributed by atoms with van der Waals surface area (Å²) in [6.45, 7) is 7.77. The number of rotatable bonds is 10. The van der Waals surface area contributed by atoms with Gasteiger partial charge in [-0.2, -0.15) is 5.10 Å². The molecule has 0 bridgehead atoms. The SMILES string of the molecule is CCNC(=NCc1ccc(COCC)cc1)NCCc1ccc(-n2cccn2)cc1. The second-order valence-corrected chi connectivity index (χ2v) is 6.94. The predicted octanol–water partition coefficient (Wildman–Crippen LogP) is 3.71. The molecule has 0 saturated heterocycles. The normalized spacial score (nSPS) is 11.5. The molecule has 2 aromatic carbocycles. The van der Waals surface area contributed by atoms with Gasteiger partial charge in [0.2, 0.25) is 0 Å². The van der Waals surface area contributed by atoms with Gasteiger partial charge in [-0.1, -0.05) is 36.4 Å². The van der Waals surface area contributed by atoms with Gasteiger partial charge in [-0.25, -0.2) is 9.67 Å². The van der Waals surface area contributed by atoms with E-state index in [0.717, 1.165) is 37.8 Å². The van der Waals surface area contributed by atoms with Crippen LogP contribution in [0.5, 0.6) is 0 Å². The Bertz CT molecular complexity index is 886. The summed E-state index contributed by atoms with van der Waals surface area (Å²) < 4.78 is 7.31. The Balaban J connectivity index is 1.48. The lowest BCUT2D eigenvalue weighted by Gasteiger charge is -2.12. The minimum atomic E-state index is 0.642. The van der Waals surface area contributed by atoms with Crippen LogP contribution in [0.15, 0.2) is 72.0 Å². The fraction of sp³-hybridized carbons (Fsp3) is 0.333. The molecule has 6 heteroatoms. The number of hydrogen-bond donors (Lipinski definition) is 2. The summed E-state index contributed by atoms with van der Waals surface area (Å²) in [5, 5.41) is 11.0. The van der Waals surface area contributed by atoms with Gasteiger partial charge in [0.1, 0.15) is 0 Å². The highest BCUT2D eigenvalue weighted by atomic mass is 16.5. The number of nitrogens with one attached hydrogen (secondary N) is 2. The molecule has 0 amide bonds. The van der Waals surface area contributed by atoms with E-state index in [9.17, 15) is 0 Å². The van der Waals surface area contributed by atoms with E-state index in [4.69, 9.17) is 9.73 Å². The molecule has 1 aromatic heterocycles. The molecule has 0 radical (unpaired) electrons. The smallest absolute Gasteiger partial charge is 0.191 e. The lowest BCUT2D eigenvalue weighted by molar-refractivity contribution is 0.134. The van der Waals surface area contributed by atoms with Crippen molar-refractivity contribution in [2.45, 2.75) is 33.4 Å². The number of nitrogens with zero attached hydrogens (tertiary/aromatic N) is 3. The number of benzene rings is 2. The number of aromatic nitrogens is 2. The Hall–Kier alpha value is -3.12. The average Bonchev–Trinajstić information content (AvgIpc) is 3.32. The molecular formula is C24H31N5O. The first-order valence-electron chi connectivity index (χ1n) is 10.5. The summed E-state index contributed by atoms with van der Waals surface area (Å²) in [6, 6.07) is 18.8. The van der Waals surface area contributed by atoms with E-state index in [1.165, 1.54) is 16.7 Å². The average molecular weight is 406 g/mol. The van der Waals surface area contributed by atoms with Gasteiger partial charge in [-0.15, -0.1) is 0 Å². The third-order valence-electron chi connectivity index (χ3n) is 4.67. The molecule has 0 spiro atoms. The van der Waals surface area contributed by atoms with E-state index in [1.807, 2.05) is 23.9 Å². The molecule has 1 heterocycles. The van der Waals surface area contributed by atoms with Gasteiger partial charge in [0.15, 0.2) is 5.96 Å². The number of guanidine groups is 1. The van der Waals surface area contributed by atoms with Crippen LogP contribution in [0.2, 0.25) is 0 Å². The molecule has 158 valence electrons. The molecule has 3 rings (SSSR count). The van der Waals surface area contributed by atoms with Crippen molar-refractivity contribution in [1.82, 2.24) is 20.4 Å². The zero-order valence-corrected chi connectivity index (χ0v) is 17.8. The summed E-state index contributed by atoms with van der Waals surface area (Å²) in [5.41, 5.74) is 4.72. The Morgan fingerprint density at radius 1 is 0.967 bits per heavy atom. The standard InChI is InChI=1S/C24H31N5O/c1-3-25-24(27-18-21-6-8-22(9-7-21)19-30-4-2)26-16-14-20-10-12-23(13-11-20)29-17-5-15-28-29/h5-13,15,17H,3-4,14,16,18-19H2,1-2H3,(H2,25,26,27). The molecule has 6 nitrogen and oxygen atoms in total. The van der Waals surface area contributed by atoms with Crippen molar-refractivity contribution >= 4 is 5.96 Å². The molecule has 0 unspecified atom stereocenters. The number of aliphatic imine (C=N–C) groups is 1. The highest BCUT2D eigenvalue weighted by molar-refractivity contribution is 5.79. The minimum absolute atomic E-state index is 0.642. The molecule has 3 aromatic rings. The van der Waals surface area contributed by atoms with Crippen molar-refractivity contribution in [3.8, 4) is 5.69 Å². The van der Waals surface area contributed by atoms with E-state index in [-0.39, 0.29) is 0 Å². The molecule has 30 heavy (non-hydrogen) atoms.